The molecule has 2 aliphatic heterocycles. The van der Waals surface area contributed by atoms with Gasteiger partial charge in [-0.2, -0.15) is 0 Å². The second kappa shape index (κ2) is 6.98. The van der Waals surface area contributed by atoms with Crippen molar-refractivity contribution < 1.29 is 4.79 Å². The van der Waals surface area contributed by atoms with Crippen molar-refractivity contribution in [3.63, 3.8) is 0 Å². The van der Waals surface area contributed by atoms with Gasteiger partial charge < -0.3 is 9.80 Å². The molecule has 0 aromatic carbocycles. The first-order chi connectivity index (χ1) is 10.3. The fourth-order valence-corrected chi connectivity index (χ4v) is 3.47. The topological polar surface area (TPSA) is 49.3 Å². The molecule has 114 valence electrons. The molecule has 0 radical (unpaired) electrons. The lowest BCUT2D eigenvalue weighted by Crippen LogP contribution is -2.47. The van der Waals surface area contributed by atoms with Crippen molar-refractivity contribution >= 4 is 5.91 Å². The molecule has 2 aliphatic rings. The summed E-state index contributed by atoms with van der Waals surface area (Å²) in [6.45, 7) is 4.17. The Morgan fingerprint density at radius 2 is 1.71 bits per heavy atom. The number of amides is 1. The van der Waals surface area contributed by atoms with Gasteiger partial charge >= 0.3 is 0 Å². The molecule has 1 amide bonds. The van der Waals surface area contributed by atoms with Gasteiger partial charge in [0.05, 0.1) is 6.20 Å². The molecule has 1 aromatic heterocycles. The Labute approximate surface area is 126 Å². The van der Waals surface area contributed by atoms with Gasteiger partial charge in [0.15, 0.2) is 0 Å². The smallest absolute Gasteiger partial charge is 0.274 e. The average molecular weight is 288 g/mol. The van der Waals surface area contributed by atoms with Crippen LogP contribution in [0.1, 0.15) is 49.0 Å². The van der Waals surface area contributed by atoms with Crippen LogP contribution in [0.25, 0.3) is 0 Å². The van der Waals surface area contributed by atoms with Gasteiger partial charge in [0.25, 0.3) is 5.91 Å². The number of aromatic nitrogens is 2. The van der Waals surface area contributed by atoms with E-state index in [1.807, 2.05) is 4.90 Å². The molecule has 0 spiro atoms. The number of rotatable bonds is 2. The lowest BCUT2D eigenvalue weighted by atomic mass is 10.0. The molecule has 3 rings (SSSR count). The molecular formula is C16H24N4O. The molecule has 0 unspecified atom stereocenters. The minimum atomic E-state index is 0.0254. The van der Waals surface area contributed by atoms with E-state index >= 15 is 0 Å². The highest BCUT2D eigenvalue weighted by Crippen LogP contribution is 2.21. The van der Waals surface area contributed by atoms with E-state index in [0.717, 1.165) is 25.9 Å². The molecule has 3 heterocycles. The Kier molecular flexibility index (Phi) is 4.80. The van der Waals surface area contributed by atoms with Crippen molar-refractivity contribution in [2.45, 2.75) is 44.6 Å². The van der Waals surface area contributed by atoms with Crippen LogP contribution in [0.5, 0.6) is 0 Å². The Morgan fingerprint density at radius 3 is 2.33 bits per heavy atom. The van der Waals surface area contributed by atoms with Crippen LogP contribution in [0.15, 0.2) is 18.6 Å². The summed E-state index contributed by atoms with van der Waals surface area (Å²) in [6.07, 6.45) is 12.3. The van der Waals surface area contributed by atoms with Crippen molar-refractivity contribution in [2.24, 2.45) is 0 Å². The molecule has 2 saturated heterocycles. The van der Waals surface area contributed by atoms with E-state index in [2.05, 4.69) is 14.9 Å². The van der Waals surface area contributed by atoms with Gasteiger partial charge in [-0.15, -0.1) is 0 Å². The maximum absolute atomic E-state index is 12.3. The maximum atomic E-state index is 12.3. The van der Waals surface area contributed by atoms with E-state index < -0.39 is 0 Å². The monoisotopic (exact) mass is 288 g/mol. The van der Waals surface area contributed by atoms with Crippen LogP contribution < -0.4 is 0 Å². The van der Waals surface area contributed by atoms with Crippen molar-refractivity contribution in [3.8, 4) is 0 Å². The summed E-state index contributed by atoms with van der Waals surface area (Å²) >= 11 is 0. The lowest BCUT2D eigenvalue weighted by Gasteiger charge is -2.38. The number of piperidine rings is 1. The minimum absolute atomic E-state index is 0.0254. The van der Waals surface area contributed by atoms with Gasteiger partial charge in [-0.25, -0.2) is 4.98 Å². The molecule has 0 N–H and O–H groups in total. The summed E-state index contributed by atoms with van der Waals surface area (Å²) in [7, 11) is 0. The van der Waals surface area contributed by atoms with Crippen LogP contribution in [0.2, 0.25) is 0 Å². The van der Waals surface area contributed by atoms with E-state index in [1.54, 1.807) is 18.6 Å². The van der Waals surface area contributed by atoms with Crippen LogP contribution in [0.3, 0.4) is 0 Å². The zero-order chi connectivity index (χ0) is 14.5. The number of carbonyl (C=O) groups excluding carboxylic acids is 1. The van der Waals surface area contributed by atoms with Gasteiger partial charge in [0.1, 0.15) is 5.69 Å². The normalized spacial score (nSPS) is 22.0. The highest BCUT2D eigenvalue weighted by Gasteiger charge is 2.28. The highest BCUT2D eigenvalue weighted by molar-refractivity contribution is 5.92. The summed E-state index contributed by atoms with van der Waals surface area (Å²) in [6, 6.07) is 0.661. The number of nitrogens with zero attached hydrogens (tertiary/aromatic N) is 4. The summed E-state index contributed by atoms with van der Waals surface area (Å²) in [5.41, 5.74) is 0.464. The van der Waals surface area contributed by atoms with E-state index in [1.165, 1.54) is 38.8 Å². The van der Waals surface area contributed by atoms with Crippen LogP contribution in [-0.2, 0) is 0 Å². The third-order valence-corrected chi connectivity index (χ3v) is 4.69. The molecule has 21 heavy (non-hydrogen) atoms. The van der Waals surface area contributed by atoms with Gasteiger partial charge in [0, 0.05) is 31.5 Å². The Morgan fingerprint density at radius 1 is 1.00 bits per heavy atom. The van der Waals surface area contributed by atoms with Crippen molar-refractivity contribution in [1.29, 1.82) is 0 Å². The zero-order valence-corrected chi connectivity index (χ0v) is 12.6. The second-order valence-electron chi connectivity index (χ2n) is 6.06. The van der Waals surface area contributed by atoms with Gasteiger partial charge in [-0.05, 0) is 38.8 Å². The van der Waals surface area contributed by atoms with E-state index in [9.17, 15) is 4.79 Å². The standard InChI is InChI=1S/C16H24N4O/c21-16(15-13-17-7-8-18-15)20-11-5-14(6-12-20)19-9-3-1-2-4-10-19/h7-8,13-14H,1-6,9-12H2. The second-order valence-corrected chi connectivity index (χ2v) is 6.06. The van der Waals surface area contributed by atoms with Crippen LogP contribution in [0.4, 0.5) is 0 Å². The van der Waals surface area contributed by atoms with Crippen molar-refractivity contribution in [2.75, 3.05) is 26.2 Å². The summed E-state index contributed by atoms with van der Waals surface area (Å²) in [5, 5.41) is 0. The van der Waals surface area contributed by atoms with Crippen LogP contribution in [0, 0.1) is 0 Å². The predicted octanol–water partition coefficient (Wildman–Crippen LogP) is 1.96. The Balaban J connectivity index is 1.54. The SMILES string of the molecule is O=C(c1cnccn1)N1CCC(N2CCCCCC2)CC1. The molecular weight excluding hydrogens is 264 g/mol. The largest absolute Gasteiger partial charge is 0.337 e. The molecule has 0 atom stereocenters. The third-order valence-electron chi connectivity index (χ3n) is 4.69. The maximum Gasteiger partial charge on any atom is 0.274 e. The highest BCUT2D eigenvalue weighted by atomic mass is 16.2. The molecule has 0 saturated carbocycles. The van der Waals surface area contributed by atoms with Crippen molar-refractivity contribution in [1.82, 2.24) is 19.8 Å². The summed E-state index contributed by atoms with van der Waals surface area (Å²) in [4.78, 5) is 25.0. The number of likely N-dealkylation sites (tertiary alicyclic amines) is 2. The molecule has 1 aromatic rings. The molecule has 0 aliphatic carbocycles. The minimum Gasteiger partial charge on any atom is -0.337 e. The van der Waals surface area contributed by atoms with E-state index in [4.69, 9.17) is 0 Å². The molecule has 2 fully saturated rings. The number of carbonyl (C=O) groups is 1. The predicted molar refractivity (Wildman–Crippen MR) is 81.0 cm³/mol. The lowest BCUT2D eigenvalue weighted by molar-refractivity contribution is 0.0617. The Bertz CT molecular complexity index is 449. The number of hydrogen-bond acceptors (Lipinski definition) is 4. The first kappa shape index (κ1) is 14.4. The van der Waals surface area contributed by atoms with E-state index in [0.29, 0.717) is 11.7 Å². The quantitative estimate of drug-likeness (QED) is 0.834. The average Bonchev–Trinajstić information content (AvgIpc) is 2.84. The van der Waals surface area contributed by atoms with Gasteiger partial charge in [-0.3, -0.25) is 9.78 Å². The molecule has 0 bridgehead atoms. The fraction of sp³-hybridized carbons (Fsp3) is 0.688. The Hall–Kier alpha value is -1.49. The van der Waals surface area contributed by atoms with Gasteiger partial charge in [0.2, 0.25) is 0 Å². The van der Waals surface area contributed by atoms with Crippen LogP contribution in [-0.4, -0.2) is 57.9 Å². The molecule has 5 heteroatoms. The zero-order valence-electron chi connectivity index (χ0n) is 12.6. The third kappa shape index (κ3) is 3.59. The summed E-state index contributed by atoms with van der Waals surface area (Å²) in [5.74, 6) is 0.0254. The first-order valence-corrected chi connectivity index (χ1v) is 8.14. The number of hydrogen-bond donors (Lipinski definition) is 0. The fourth-order valence-electron chi connectivity index (χ4n) is 3.47. The van der Waals surface area contributed by atoms with Gasteiger partial charge in [-0.1, -0.05) is 12.8 Å². The van der Waals surface area contributed by atoms with E-state index in [-0.39, 0.29) is 5.91 Å². The van der Waals surface area contributed by atoms with Crippen molar-refractivity contribution in [3.05, 3.63) is 24.3 Å². The van der Waals surface area contributed by atoms with Crippen LogP contribution >= 0.6 is 0 Å². The molecule has 5 nitrogen and oxygen atoms in total. The first-order valence-electron chi connectivity index (χ1n) is 8.14. The summed E-state index contributed by atoms with van der Waals surface area (Å²) < 4.78 is 0.